The Morgan fingerprint density at radius 1 is 0.970 bits per heavy atom. The second-order valence-electron chi connectivity index (χ2n) is 7.71. The molecule has 0 unspecified atom stereocenters. The summed E-state index contributed by atoms with van der Waals surface area (Å²) >= 11 is 0. The molecular formula is C26H25ClFN3O2. The lowest BCUT2D eigenvalue weighted by Crippen LogP contribution is -2.41. The first kappa shape index (κ1) is 24.2. The molecule has 33 heavy (non-hydrogen) atoms. The summed E-state index contributed by atoms with van der Waals surface area (Å²) in [6.45, 7) is 3.49. The number of nitrogens with two attached hydrogens (primary N) is 1. The quantitative estimate of drug-likeness (QED) is 0.387. The molecule has 3 aromatic carbocycles. The second kappa shape index (κ2) is 10.4. The third kappa shape index (κ3) is 5.13. The summed E-state index contributed by atoms with van der Waals surface area (Å²) < 4.78 is 20.0. The van der Waals surface area contributed by atoms with Gasteiger partial charge in [-0.15, -0.1) is 12.4 Å². The van der Waals surface area contributed by atoms with E-state index in [9.17, 15) is 9.18 Å². The standard InChI is InChI=1S/C26H24FN3O2.ClH/c1-16-23(17(2)32-30-16)21-14-13-20(15-22(21)27)29-26(31)25(28)24(18-9-5-3-6-10-18)19-11-7-4-8-12-19;/h3-15,24-25H,28H2,1-2H3,(H,29,31);1H/t25-;/m0./s1. The molecule has 0 aliphatic rings. The minimum Gasteiger partial charge on any atom is -0.361 e. The van der Waals surface area contributed by atoms with Gasteiger partial charge in [0.25, 0.3) is 0 Å². The average molecular weight is 466 g/mol. The Morgan fingerprint density at radius 2 is 1.55 bits per heavy atom. The third-order valence-corrected chi connectivity index (χ3v) is 5.52. The first-order valence-electron chi connectivity index (χ1n) is 10.3. The van der Waals surface area contributed by atoms with Crippen molar-refractivity contribution >= 4 is 24.0 Å². The fourth-order valence-electron chi connectivity index (χ4n) is 3.97. The van der Waals surface area contributed by atoms with Crippen molar-refractivity contribution in [1.29, 1.82) is 0 Å². The lowest BCUT2D eigenvalue weighted by Gasteiger charge is -2.24. The van der Waals surface area contributed by atoms with Crippen LogP contribution in [0.2, 0.25) is 0 Å². The van der Waals surface area contributed by atoms with Gasteiger partial charge in [0, 0.05) is 17.2 Å². The van der Waals surface area contributed by atoms with Crippen molar-refractivity contribution in [3.8, 4) is 11.1 Å². The molecule has 0 saturated carbocycles. The number of rotatable bonds is 6. The van der Waals surface area contributed by atoms with Crippen molar-refractivity contribution in [3.05, 3.63) is 107 Å². The highest BCUT2D eigenvalue weighted by Gasteiger charge is 2.28. The molecule has 3 N–H and O–H groups in total. The van der Waals surface area contributed by atoms with E-state index in [2.05, 4.69) is 10.5 Å². The number of anilines is 1. The summed E-state index contributed by atoms with van der Waals surface area (Å²) in [5.74, 6) is -0.682. The zero-order valence-corrected chi connectivity index (χ0v) is 19.1. The summed E-state index contributed by atoms with van der Waals surface area (Å²) in [5.41, 5.74) is 10.2. The fourth-order valence-corrected chi connectivity index (χ4v) is 3.97. The zero-order valence-electron chi connectivity index (χ0n) is 18.3. The van der Waals surface area contributed by atoms with E-state index in [0.717, 1.165) is 11.1 Å². The van der Waals surface area contributed by atoms with E-state index >= 15 is 0 Å². The smallest absolute Gasteiger partial charge is 0.242 e. The van der Waals surface area contributed by atoms with Gasteiger partial charge in [0.2, 0.25) is 5.91 Å². The summed E-state index contributed by atoms with van der Waals surface area (Å²) in [6.07, 6.45) is 0. The van der Waals surface area contributed by atoms with Gasteiger partial charge in [-0.05, 0) is 43.2 Å². The predicted molar refractivity (Wildman–Crippen MR) is 130 cm³/mol. The minimum absolute atomic E-state index is 0. The number of benzene rings is 3. The van der Waals surface area contributed by atoms with Gasteiger partial charge in [-0.2, -0.15) is 0 Å². The van der Waals surface area contributed by atoms with Crippen LogP contribution in [0, 0.1) is 19.7 Å². The summed E-state index contributed by atoms with van der Waals surface area (Å²) in [6, 6.07) is 23.0. The zero-order chi connectivity index (χ0) is 22.7. The number of hydrogen-bond acceptors (Lipinski definition) is 4. The van der Waals surface area contributed by atoms with Gasteiger partial charge < -0.3 is 15.6 Å². The maximum Gasteiger partial charge on any atom is 0.242 e. The average Bonchev–Trinajstić information content (AvgIpc) is 3.13. The van der Waals surface area contributed by atoms with E-state index < -0.39 is 17.8 Å². The lowest BCUT2D eigenvalue weighted by atomic mass is 9.85. The predicted octanol–water partition coefficient (Wildman–Crippen LogP) is 5.62. The first-order valence-corrected chi connectivity index (χ1v) is 10.3. The first-order chi connectivity index (χ1) is 15.5. The molecule has 5 nitrogen and oxygen atoms in total. The largest absolute Gasteiger partial charge is 0.361 e. The molecule has 0 fully saturated rings. The number of amides is 1. The SMILES string of the molecule is Cc1noc(C)c1-c1ccc(NC(=O)[C@@H](N)C(c2ccccc2)c2ccccc2)cc1F.Cl. The van der Waals surface area contributed by atoms with Crippen molar-refractivity contribution in [2.24, 2.45) is 5.73 Å². The molecule has 1 aromatic heterocycles. The van der Waals surface area contributed by atoms with Crippen LogP contribution in [0.1, 0.15) is 28.5 Å². The van der Waals surface area contributed by atoms with E-state index in [1.807, 2.05) is 60.7 Å². The second-order valence-corrected chi connectivity index (χ2v) is 7.71. The van der Waals surface area contributed by atoms with E-state index in [-0.39, 0.29) is 18.3 Å². The monoisotopic (exact) mass is 465 g/mol. The van der Waals surface area contributed by atoms with E-state index in [1.54, 1.807) is 26.0 Å². The Morgan fingerprint density at radius 3 is 2.03 bits per heavy atom. The van der Waals surface area contributed by atoms with Crippen LogP contribution < -0.4 is 11.1 Å². The lowest BCUT2D eigenvalue weighted by molar-refractivity contribution is -0.117. The molecule has 1 heterocycles. The highest BCUT2D eigenvalue weighted by atomic mass is 35.5. The van der Waals surface area contributed by atoms with Gasteiger partial charge in [0.15, 0.2) is 0 Å². The van der Waals surface area contributed by atoms with Gasteiger partial charge in [-0.1, -0.05) is 65.8 Å². The molecule has 170 valence electrons. The molecule has 1 amide bonds. The maximum absolute atomic E-state index is 14.9. The third-order valence-electron chi connectivity index (χ3n) is 5.52. The molecule has 0 radical (unpaired) electrons. The van der Waals surface area contributed by atoms with Crippen LogP contribution in [-0.4, -0.2) is 17.1 Å². The molecule has 0 saturated heterocycles. The van der Waals surface area contributed by atoms with E-state index in [0.29, 0.717) is 28.3 Å². The summed E-state index contributed by atoms with van der Waals surface area (Å²) in [4.78, 5) is 13.1. The van der Waals surface area contributed by atoms with Crippen molar-refractivity contribution < 1.29 is 13.7 Å². The fraction of sp³-hybridized carbons (Fsp3) is 0.154. The molecule has 0 aliphatic carbocycles. The van der Waals surface area contributed by atoms with E-state index in [1.165, 1.54) is 6.07 Å². The minimum atomic E-state index is -0.870. The van der Waals surface area contributed by atoms with Crippen molar-refractivity contribution in [2.75, 3.05) is 5.32 Å². The van der Waals surface area contributed by atoms with Crippen LogP contribution in [-0.2, 0) is 4.79 Å². The Bertz CT molecular complexity index is 1170. The van der Waals surface area contributed by atoms with Crippen molar-refractivity contribution in [2.45, 2.75) is 25.8 Å². The number of nitrogens with zero attached hydrogens (tertiary/aromatic N) is 1. The van der Waals surface area contributed by atoms with Gasteiger partial charge in [0.1, 0.15) is 11.6 Å². The van der Waals surface area contributed by atoms with Crippen LogP contribution in [0.25, 0.3) is 11.1 Å². The molecule has 4 aromatic rings. The summed E-state index contributed by atoms with van der Waals surface area (Å²) in [5, 5.41) is 6.64. The van der Waals surface area contributed by atoms with Crippen molar-refractivity contribution in [1.82, 2.24) is 5.16 Å². The maximum atomic E-state index is 14.9. The van der Waals surface area contributed by atoms with E-state index in [4.69, 9.17) is 10.3 Å². The number of aromatic nitrogens is 1. The van der Waals surface area contributed by atoms with Crippen molar-refractivity contribution in [3.63, 3.8) is 0 Å². The molecule has 4 rings (SSSR count). The van der Waals surface area contributed by atoms with Gasteiger partial charge in [0.05, 0.1) is 17.3 Å². The molecule has 1 atom stereocenters. The highest BCUT2D eigenvalue weighted by molar-refractivity contribution is 5.96. The number of carbonyl (C=O) groups excluding carboxylic acids is 1. The van der Waals surface area contributed by atoms with Gasteiger partial charge in [-0.25, -0.2) is 4.39 Å². The van der Waals surface area contributed by atoms with Gasteiger partial charge >= 0.3 is 0 Å². The molecular weight excluding hydrogens is 441 g/mol. The molecule has 7 heteroatoms. The van der Waals surface area contributed by atoms with Crippen LogP contribution in [0.3, 0.4) is 0 Å². The summed E-state index contributed by atoms with van der Waals surface area (Å²) in [7, 11) is 0. The Hall–Kier alpha value is -3.48. The van der Waals surface area contributed by atoms with Crippen LogP contribution in [0.4, 0.5) is 10.1 Å². The molecule has 0 bridgehead atoms. The number of halogens is 2. The normalized spacial score (nSPS) is 11.7. The Balaban J connectivity index is 0.00000306. The Kier molecular flexibility index (Phi) is 7.63. The van der Waals surface area contributed by atoms with Crippen LogP contribution in [0.5, 0.6) is 0 Å². The molecule has 0 spiro atoms. The van der Waals surface area contributed by atoms with Gasteiger partial charge in [-0.3, -0.25) is 4.79 Å². The number of aryl methyl sites for hydroxylation is 2. The number of hydrogen-bond donors (Lipinski definition) is 2. The van der Waals surface area contributed by atoms with Crippen LogP contribution in [0.15, 0.2) is 83.4 Å². The Labute approximate surface area is 198 Å². The highest BCUT2D eigenvalue weighted by Crippen LogP contribution is 2.31. The number of nitrogens with one attached hydrogen (secondary N) is 1. The number of carbonyl (C=O) groups is 1. The molecule has 0 aliphatic heterocycles. The van der Waals surface area contributed by atoms with Crippen LogP contribution >= 0.6 is 12.4 Å². The topological polar surface area (TPSA) is 81.2 Å².